The first-order chi connectivity index (χ1) is 15.6. The molecule has 4 heterocycles. The molecule has 8 nitrogen and oxygen atoms in total. The second-order valence-electron chi connectivity index (χ2n) is 9.50. The van der Waals surface area contributed by atoms with Crippen LogP contribution in [0.2, 0.25) is 0 Å². The molecule has 0 atom stereocenters. The molecule has 1 saturated carbocycles. The third-order valence-electron chi connectivity index (χ3n) is 6.86. The molecule has 8 heteroatoms. The van der Waals surface area contributed by atoms with Crippen LogP contribution in [0.5, 0.6) is 0 Å². The number of ether oxygens (including phenoxy) is 1. The number of hydrogen-bond donors (Lipinski definition) is 0. The Balaban J connectivity index is 1.34. The fraction of sp³-hybridized carbons (Fsp3) is 0.625. The molecule has 0 spiro atoms. The minimum Gasteiger partial charge on any atom is -0.378 e. The maximum absolute atomic E-state index is 13.4. The zero-order chi connectivity index (χ0) is 22.1. The van der Waals surface area contributed by atoms with Crippen LogP contribution in [-0.2, 0) is 11.3 Å². The number of hydrogen-bond acceptors (Lipinski definition) is 6. The second kappa shape index (κ2) is 9.19. The van der Waals surface area contributed by atoms with E-state index < -0.39 is 0 Å². The van der Waals surface area contributed by atoms with Gasteiger partial charge in [0, 0.05) is 81.6 Å². The summed E-state index contributed by atoms with van der Waals surface area (Å²) in [5.74, 6) is 1.58. The molecule has 1 aliphatic carbocycles. The van der Waals surface area contributed by atoms with Gasteiger partial charge in [0.25, 0.3) is 5.91 Å². The molecule has 2 aromatic heterocycles. The van der Waals surface area contributed by atoms with E-state index in [2.05, 4.69) is 44.4 Å². The van der Waals surface area contributed by atoms with Crippen LogP contribution in [0.15, 0.2) is 24.7 Å². The first-order valence-electron chi connectivity index (χ1n) is 12.0. The molecule has 2 aromatic rings. The highest BCUT2D eigenvalue weighted by Gasteiger charge is 2.28. The monoisotopic (exact) mass is 438 g/mol. The van der Waals surface area contributed by atoms with E-state index in [1.165, 1.54) is 12.8 Å². The van der Waals surface area contributed by atoms with Crippen molar-refractivity contribution in [3.05, 3.63) is 30.4 Å². The van der Waals surface area contributed by atoms with Gasteiger partial charge in [0.05, 0.1) is 13.2 Å². The van der Waals surface area contributed by atoms with Crippen molar-refractivity contribution in [2.24, 2.45) is 5.92 Å². The van der Waals surface area contributed by atoms with Crippen molar-refractivity contribution in [1.29, 1.82) is 0 Å². The predicted molar refractivity (Wildman–Crippen MR) is 124 cm³/mol. The minimum atomic E-state index is 0.145. The van der Waals surface area contributed by atoms with Crippen LogP contribution < -0.4 is 4.90 Å². The van der Waals surface area contributed by atoms with E-state index >= 15 is 0 Å². The Morgan fingerprint density at radius 3 is 2.34 bits per heavy atom. The standard InChI is InChI=1S/C24H34N6O2/c1-18(2)27-5-7-28(8-6-27)23(31)22-13-20(17-30(22)16-19-3-4-19)21-14-25-24(26-15-21)29-9-11-32-12-10-29/h13-15,17-19H,3-12,16H2,1-2H3. The molecule has 0 aromatic carbocycles. The summed E-state index contributed by atoms with van der Waals surface area (Å²) in [6, 6.07) is 2.56. The van der Waals surface area contributed by atoms with Crippen LogP contribution in [0.1, 0.15) is 37.2 Å². The normalized spacial score (nSPS) is 20.2. The zero-order valence-electron chi connectivity index (χ0n) is 19.2. The molecule has 3 aliphatic rings. The SMILES string of the molecule is CC(C)N1CCN(C(=O)c2cc(-c3cnc(N4CCOCC4)nc3)cn2CC2CC2)CC1. The fourth-order valence-electron chi connectivity index (χ4n) is 4.58. The van der Waals surface area contributed by atoms with Crippen molar-refractivity contribution in [3.63, 3.8) is 0 Å². The van der Waals surface area contributed by atoms with Crippen LogP contribution >= 0.6 is 0 Å². The Morgan fingerprint density at radius 2 is 1.72 bits per heavy atom. The third-order valence-corrected chi connectivity index (χ3v) is 6.86. The lowest BCUT2D eigenvalue weighted by molar-refractivity contribution is 0.0585. The molecule has 2 aliphatic heterocycles. The summed E-state index contributed by atoms with van der Waals surface area (Å²) in [4.78, 5) is 29.2. The van der Waals surface area contributed by atoms with Gasteiger partial charge in [-0.05, 0) is 38.7 Å². The highest BCUT2D eigenvalue weighted by atomic mass is 16.5. The molecule has 0 radical (unpaired) electrons. The topological polar surface area (TPSA) is 66.7 Å². The molecular weight excluding hydrogens is 404 g/mol. The quantitative estimate of drug-likeness (QED) is 0.690. The van der Waals surface area contributed by atoms with Crippen LogP contribution in [0.4, 0.5) is 5.95 Å². The van der Waals surface area contributed by atoms with Gasteiger partial charge in [-0.1, -0.05) is 0 Å². The van der Waals surface area contributed by atoms with Crippen molar-refractivity contribution in [2.75, 3.05) is 57.4 Å². The summed E-state index contributed by atoms with van der Waals surface area (Å²) in [6.07, 6.45) is 8.38. The Kier molecular flexibility index (Phi) is 6.15. The number of anilines is 1. The van der Waals surface area contributed by atoms with Crippen molar-refractivity contribution in [2.45, 2.75) is 39.3 Å². The van der Waals surface area contributed by atoms with Crippen molar-refractivity contribution >= 4 is 11.9 Å². The lowest BCUT2D eigenvalue weighted by atomic mass is 10.1. The summed E-state index contributed by atoms with van der Waals surface area (Å²) in [6.45, 7) is 11.9. The molecule has 3 fully saturated rings. The van der Waals surface area contributed by atoms with E-state index in [1.807, 2.05) is 23.4 Å². The first-order valence-corrected chi connectivity index (χ1v) is 12.0. The summed E-state index contributed by atoms with van der Waals surface area (Å²) in [7, 11) is 0. The number of amides is 1. The van der Waals surface area contributed by atoms with Crippen LogP contribution in [0.25, 0.3) is 11.1 Å². The Labute approximate surface area is 190 Å². The van der Waals surface area contributed by atoms with Gasteiger partial charge in [0.1, 0.15) is 5.69 Å². The van der Waals surface area contributed by atoms with Gasteiger partial charge in [-0.2, -0.15) is 0 Å². The van der Waals surface area contributed by atoms with E-state index in [0.29, 0.717) is 25.2 Å². The third kappa shape index (κ3) is 4.66. The number of aromatic nitrogens is 3. The summed E-state index contributed by atoms with van der Waals surface area (Å²) in [5.41, 5.74) is 2.76. The lowest BCUT2D eigenvalue weighted by Gasteiger charge is -2.37. The van der Waals surface area contributed by atoms with Gasteiger partial charge in [-0.25, -0.2) is 9.97 Å². The lowest BCUT2D eigenvalue weighted by Crippen LogP contribution is -2.51. The smallest absolute Gasteiger partial charge is 0.270 e. The maximum Gasteiger partial charge on any atom is 0.270 e. The van der Waals surface area contributed by atoms with E-state index in [4.69, 9.17) is 4.74 Å². The Morgan fingerprint density at radius 1 is 1.03 bits per heavy atom. The average Bonchev–Trinajstić information content (AvgIpc) is 3.56. The van der Waals surface area contributed by atoms with Crippen molar-refractivity contribution < 1.29 is 9.53 Å². The first kappa shape index (κ1) is 21.4. The fourth-order valence-corrected chi connectivity index (χ4v) is 4.58. The number of carbonyl (C=O) groups is 1. The van der Waals surface area contributed by atoms with Gasteiger partial charge in [0.2, 0.25) is 5.95 Å². The van der Waals surface area contributed by atoms with Crippen LogP contribution in [-0.4, -0.2) is 88.8 Å². The average molecular weight is 439 g/mol. The van der Waals surface area contributed by atoms with E-state index in [-0.39, 0.29) is 5.91 Å². The van der Waals surface area contributed by atoms with E-state index in [9.17, 15) is 4.79 Å². The summed E-state index contributed by atoms with van der Waals surface area (Å²) < 4.78 is 7.58. The number of nitrogens with zero attached hydrogens (tertiary/aromatic N) is 6. The maximum atomic E-state index is 13.4. The van der Waals surface area contributed by atoms with Crippen LogP contribution in [0.3, 0.4) is 0 Å². The zero-order valence-corrected chi connectivity index (χ0v) is 19.2. The highest BCUT2D eigenvalue weighted by Crippen LogP contribution is 2.33. The Hall–Kier alpha value is -2.45. The molecule has 0 N–H and O–H groups in total. The van der Waals surface area contributed by atoms with Crippen molar-refractivity contribution in [3.8, 4) is 11.1 Å². The molecule has 2 saturated heterocycles. The molecule has 0 bridgehead atoms. The highest BCUT2D eigenvalue weighted by molar-refractivity contribution is 5.94. The van der Waals surface area contributed by atoms with Crippen molar-refractivity contribution in [1.82, 2.24) is 24.3 Å². The van der Waals surface area contributed by atoms with Gasteiger partial charge < -0.3 is 19.1 Å². The predicted octanol–water partition coefficient (Wildman–Crippen LogP) is 2.36. The second-order valence-corrected chi connectivity index (χ2v) is 9.50. The number of rotatable bonds is 6. The molecule has 5 rings (SSSR count). The molecular formula is C24H34N6O2. The van der Waals surface area contributed by atoms with E-state index in [1.54, 1.807) is 0 Å². The van der Waals surface area contributed by atoms with Gasteiger partial charge in [-0.15, -0.1) is 0 Å². The number of piperazine rings is 1. The minimum absolute atomic E-state index is 0.145. The van der Waals surface area contributed by atoms with Gasteiger partial charge in [0.15, 0.2) is 0 Å². The summed E-state index contributed by atoms with van der Waals surface area (Å²) >= 11 is 0. The molecule has 0 unspecified atom stereocenters. The molecule has 172 valence electrons. The van der Waals surface area contributed by atoms with Gasteiger partial charge in [-0.3, -0.25) is 9.69 Å². The molecule has 32 heavy (non-hydrogen) atoms. The summed E-state index contributed by atoms with van der Waals surface area (Å²) in [5, 5.41) is 0. The Bertz CT molecular complexity index is 922. The number of carbonyl (C=O) groups excluding carboxylic acids is 1. The number of morpholine rings is 1. The largest absolute Gasteiger partial charge is 0.378 e. The van der Waals surface area contributed by atoms with Crippen LogP contribution in [0, 0.1) is 5.92 Å². The molecule has 1 amide bonds. The van der Waals surface area contributed by atoms with Gasteiger partial charge >= 0.3 is 0 Å². The van der Waals surface area contributed by atoms with E-state index in [0.717, 1.165) is 68.6 Å².